The zero-order chi connectivity index (χ0) is 43.1. The van der Waals surface area contributed by atoms with Crippen molar-refractivity contribution in [2.45, 2.75) is 0 Å². The predicted molar refractivity (Wildman–Crippen MR) is 183 cm³/mol. The van der Waals surface area contributed by atoms with Gasteiger partial charge in [-0.15, -0.1) is 0 Å². The van der Waals surface area contributed by atoms with Crippen molar-refractivity contribution in [3.05, 3.63) is 157 Å². The van der Waals surface area contributed by atoms with E-state index in [2.05, 4.69) is 0 Å². The van der Waals surface area contributed by atoms with Gasteiger partial charge in [-0.05, 0) is 83.8 Å². The van der Waals surface area contributed by atoms with Crippen molar-refractivity contribution in [3.63, 3.8) is 0 Å². The third-order valence-corrected chi connectivity index (χ3v) is 7.60. The largest absolute Gasteiger partial charge is 0.456 e. The Morgan fingerprint density at radius 2 is 1.00 bits per heavy atom. The molecule has 0 spiro atoms. The summed E-state index contributed by atoms with van der Waals surface area (Å²) in [6.07, 6.45) is 0. The average molecular weight is 564 g/mol. The van der Waals surface area contributed by atoms with Gasteiger partial charge in [-0.25, -0.2) is 0 Å². The molecule has 0 saturated carbocycles. The molecule has 0 aliphatic carbocycles. The molecule has 1 heterocycles. The zero-order valence-electron chi connectivity index (χ0n) is 39.1. The van der Waals surface area contributed by atoms with E-state index >= 15 is 0 Å². The van der Waals surface area contributed by atoms with E-state index in [9.17, 15) is 9.60 Å². The molecule has 8 aromatic carbocycles. The van der Waals surface area contributed by atoms with Gasteiger partial charge in [-0.3, -0.25) is 0 Å². The molecule has 0 bridgehead atoms. The molecule has 200 valence electrons. The molecule has 1 nitrogen and oxygen atoms in total. The van der Waals surface area contributed by atoms with Crippen LogP contribution in [-0.2, 0) is 0 Å². The molecule has 0 radical (unpaired) electrons. The molecule has 0 fully saturated rings. The van der Waals surface area contributed by atoms with Crippen LogP contribution in [0.5, 0.6) is 0 Å². The van der Waals surface area contributed by atoms with Gasteiger partial charge in [0.25, 0.3) is 0 Å². The van der Waals surface area contributed by atoms with Crippen LogP contribution >= 0.6 is 0 Å². The lowest BCUT2D eigenvalue weighted by Gasteiger charge is -2.19. The highest BCUT2D eigenvalue weighted by atomic mass is 16.3. The Labute approximate surface area is 273 Å². The van der Waals surface area contributed by atoms with Crippen molar-refractivity contribution in [2.75, 3.05) is 0 Å². The summed E-state index contributed by atoms with van der Waals surface area (Å²) >= 11 is 0. The van der Waals surface area contributed by atoms with Crippen molar-refractivity contribution in [3.8, 4) is 33.4 Å². The topological polar surface area (TPSA) is 13.1 Å². The Balaban J connectivity index is 1.61. The highest BCUT2D eigenvalue weighted by Crippen LogP contribution is 2.47. The first kappa shape index (κ1) is 12.7. The number of benzene rings is 8. The molecule has 9 aromatic rings. The molecule has 43 heavy (non-hydrogen) atoms. The predicted octanol–water partition coefficient (Wildman–Crippen LogP) is 12.0. The van der Waals surface area contributed by atoms with Gasteiger partial charge in [0.1, 0.15) is 11.2 Å². The fourth-order valence-corrected chi connectivity index (χ4v) is 5.79. The first-order chi connectivity index (χ1) is 28.4. The van der Waals surface area contributed by atoms with E-state index < -0.39 is 119 Å². The maximum atomic E-state index is 9.84. The van der Waals surface area contributed by atoms with E-state index in [4.69, 9.17) is 18.1 Å². The zero-order valence-corrected chi connectivity index (χ0v) is 22.1. The lowest BCUT2D eigenvalue weighted by atomic mass is 9.83. The second-order valence-electron chi connectivity index (χ2n) is 9.92. The van der Waals surface area contributed by atoms with E-state index in [0.717, 1.165) is 0 Å². The van der Waals surface area contributed by atoms with Crippen molar-refractivity contribution in [2.24, 2.45) is 0 Å². The third-order valence-electron chi connectivity index (χ3n) is 7.60. The molecular weight excluding hydrogens is 520 g/mol. The highest BCUT2D eigenvalue weighted by Gasteiger charge is 2.20. The Hall–Kier alpha value is -5.66. The smallest absolute Gasteiger partial charge is 0.136 e. The van der Waals surface area contributed by atoms with Crippen LogP contribution in [0.25, 0.3) is 87.6 Å². The quantitative estimate of drug-likeness (QED) is 0.195. The Morgan fingerprint density at radius 1 is 0.419 bits per heavy atom. The summed E-state index contributed by atoms with van der Waals surface area (Å²) in [7, 11) is 0. The highest BCUT2D eigenvalue weighted by molar-refractivity contribution is 6.24. The van der Waals surface area contributed by atoms with Gasteiger partial charge in [0, 0.05) is 10.8 Å². The normalized spacial score (nSPS) is 17.3. The lowest BCUT2D eigenvalue weighted by molar-refractivity contribution is 0.669. The molecule has 0 unspecified atom stereocenters. The van der Waals surface area contributed by atoms with Crippen LogP contribution in [0.15, 0.2) is 162 Å². The molecule has 0 aliphatic heterocycles. The van der Waals surface area contributed by atoms with Crippen LogP contribution < -0.4 is 0 Å². The molecule has 0 N–H and O–H groups in total. The van der Waals surface area contributed by atoms with Crippen LogP contribution in [0.3, 0.4) is 0 Å². The Kier molecular flexibility index (Phi) is 2.79. The SMILES string of the molecule is [2H]c1c(-c2c3c([2H])c([2H])c([2H])c([2H])c3c(-c3ccccc3-c3ccccc3)c3c([2H])c([2H])c([2H])c([2H])c23)c([2H])c2c(oc3c([2H])c([2H])c4c([2H])c([2H])c([2H])c([2H])c4c32)c1[2H]. The average Bonchev–Trinajstić information content (AvgIpc) is 3.66. The van der Waals surface area contributed by atoms with Crippen LogP contribution in [0.4, 0.5) is 0 Å². The van der Waals surface area contributed by atoms with Gasteiger partial charge < -0.3 is 4.42 Å². The van der Waals surface area contributed by atoms with E-state index in [1.165, 1.54) is 0 Å². The molecule has 1 aromatic heterocycles. The second kappa shape index (κ2) is 9.44. The summed E-state index contributed by atoms with van der Waals surface area (Å²) in [5.74, 6) is 0. The number of hydrogen-bond acceptors (Lipinski definition) is 1. The standard InChI is InChI=1S/C42H26O/c1-2-12-27(13-3-1)30-15-6-7-17-32(30)41-35-20-10-8-18-33(35)40(34-19-9-11-21-36(34)41)29-23-24-38-37(26-29)42-31-16-5-4-14-28(31)22-25-39(42)43-38/h1-26H/i4D,5D,8D,9D,10D,11D,14D,16D,18D,19D,20D,21D,22D,23D,24D,25D,26D. The van der Waals surface area contributed by atoms with Gasteiger partial charge in [0.2, 0.25) is 0 Å². The second-order valence-corrected chi connectivity index (χ2v) is 9.92. The summed E-state index contributed by atoms with van der Waals surface area (Å²) in [6, 6.07) is 4.69. The summed E-state index contributed by atoms with van der Waals surface area (Å²) < 4.78 is 159. The lowest BCUT2D eigenvalue weighted by Crippen LogP contribution is -1.92. The van der Waals surface area contributed by atoms with Crippen LogP contribution in [0.2, 0.25) is 0 Å². The van der Waals surface area contributed by atoms with Gasteiger partial charge in [0.05, 0.1) is 23.3 Å². The summed E-state index contributed by atoms with van der Waals surface area (Å²) in [4.78, 5) is 0. The minimum Gasteiger partial charge on any atom is -0.456 e. The van der Waals surface area contributed by atoms with E-state index in [1.54, 1.807) is 36.4 Å². The summed E-state index contributed by atoms with van der Waals surface area (Å²) in [5.41, 5.74) is -0.0953. The third kappa shape index (κ3) is 3.65. The van der Waals surface area contributed by atoms with Gasteiger partial charge >= 0.3 is 0 Å². The van der Waals surface area contributed by atoms with E-state index in [0.29, 0.717) is 16.7 Å². The van der Waals surface area contributed by atoms with Crippen molar-refractivity contribution < 1.29 is 27.7 Å². The molecule has 9 rings (SSSR count). The summed E-state index contributed by atoms with van der Waals surface area (Å²) in [5, 5.41) is -2.21. The Bertz CT molecular complexity index is 3370. The molecule has 1 heteroatoms. The number of fused-ring (bicyclic) bond motifs is 7. The number of rotatable bonds is 3. The van der Waals surface area contributed by atoms with E-state index in [-0.39, 0.29) is 54.2 Å². The fourth-order valence-electron chi connectivity index (χ4n) is 5.79. The van der Waals surface area contributed by atoms with Crippen molar-refractivity contribution in [1.29, 1.82) is 0 Å². The fraction of sp³-hybridized carbons (Fsp3) is 0. The maximum absolute atomic E-state index is 9.84. The first-order valence-corrected chi connectivity index (χ1v) is 13.4. The molecule has 0 saturated heterocycles. The minimum atomic E-state index is -0.741. The van der Waals surface area contributed by atoms with Gasteiger partial charge in [0.15, 0.2) is 0 Å². The minimum absolute atomic E-state index is 0.0324. The van der Waals surface area contributed by atoms with E-state index in [1.807, 2.05) is 18.2 Å². The molecule has 0 amide bonds. The first-order valence-electron chi connectivity index (χ1n) is 21.9. The molecule has 0 atom stereocenters. The molecular formula is C42H26O. The maximum Gasteiger partial charge on any atom is 0.136 e. The number of hydrogen-bond donors (Lipinski definition) is 0. The number of furan rings is 1. The van der Waals surface area contributed by atoms with Crippen LogP contribution in [0, 0.1) is 0 Å². The van der Waals surface area contributed by atoms with Crippen LogP contribution in [0.1, 0.15) is 23.3 Å². The van der Waals surface area contributed by atoms with Gasteiger partial charge in [-0.2, -0.15) is 0 Å². The summed E-state index contributed by atoms with van der Waals surface area (Å²) in [6.45, 7) is 0. The van der Waals surface area contributed by atoms with Crippen molar-refractivity contribution in [1.82, 2.24) is 0 Å². The molecule has 0 aliphatic rings. The Morgan fingerprint density at radius 3 is 1.72 bits per heavy atom. The van der Waals surface area contributed by atoms with Crippen LogP contribution in [-0.4, -0.2) is 0 Å². The van der Waals surface area contributed by atoms with Crippen molar-refractivity contribution >= 4 is 54.3 Å². The van der Waals surface area contributed by atoms with Gasteiger partial charge in [-0.1, -0.05) is 139 Å². The monoisotopic (exact) mass is 563 g/mol.